The Kier molecular flexibility index (Phi) is 5.63. The smallest absolute Gasteiger partial charge is 0.306 e. The van der Waals surface area contributed by atoms with Crippen LogP contribution in [0.4, 0.5) is 0 Å². The largest absolute Gasteiger partial charge is 0.497 e. The molecule has 0 saturated heterocycles. The molecule has 2 aromatic carbocycles. The van der Waals surface area contributed by atoms with Gasteiger partial charge in [-0.15, -0.1) is 0 Å². The second-order valence-electron chi connectivity index (χ2n) is 5.89. The summed E-state index contributed by atoms with van der Waals surface area (Å²) in [6, 6.07) is 15.4. The molecule has 0 saturated carbocycles. The van der Waals surface area contributed by atoms with Crippen molar-refractivity contribution in [3.05, 3.63) is 65.5 Å². The summed E-state index contributed by atoms with van der Waals surface area (Å²) in [6.45, 7) is 2.01. The fraction of sp³-hybridized carbons (Fsp3) is 0.250. The molecule has 0 aliphatic rings. The monoisotopic (exact) mass is 352 g/mol. The zero-order valence-corrected chi connectivity index (χ0v) is 14.8. The van der Waals surface area contributed by atoms with Crippen LogP contribution in [0.3, 0.4) is 0 Å². The van der Waals surface area contributed by atoms with Gasteiger partial charge >= 0.3 is 5.97 Å². The van der Waals surface area contributed by atoms with Crippen LogP contribution in [-0.2, 0) is 22.6 Å². The van der Waals surface area contributed by atoms with E-state index in [1.54, 1.807) is 7.11 Å². The molecule has 26 heavy (non-hydrogen) atoms. The minimum Gasteiger partial charge on any atom is -0.497 e. The molecule has 0 fully saturated rings. The van der Waals surface area contributed by atoms with Crippen molar-refractivity contribution in [1.29, 1.82) is 0 Å². The molecule has 0 atom stereocenters. The van der Waals surface area contributed by atoms with Crippen LogP contribution in [0.1, 0.15) is 23.4 Å². The SMILES string of the molecule is COc1ccc(CCC(=O)OCc2noc(-c3ccc(C)cc3)n2)cc1. The van der Waals surface area contributed by atoms with Gasteiger partial charge in [0.05, 0.1) is 7.11 Å². The third-order valence-corrected chi connectivity index (χ3v) is 3.91. The Morgan fingerprint density at radius 2 is 1.81 bits per heavy atom. The molecule has 1 aromatic heterocycles. The van der Waals surface area contributed by atoms with Crippen LogP contribution in [0.25, 0.3) is 11.5 Å². The van der Waals surface area contributed by atoms with Gasteiger partial charge in [-0.05, 0) is 43.2 Å². The van der Waals surface area contributed by atoms with Crippen molar-refractivity contribution in [2.45, 2.75) is 26.4 Å². The number of methoxy groups -OCH3 is 1. The fourth-order valence-corrected chi connectivity index (χ4v) is 2.38. The van der Waals surface area contributed by atoms with E-state index in [0.717, 1.165) is 22.4 Å². The van der Waals surface area contributed by atoms with Crippen LogP contribution in [-0.4, -0.2) is 23.2 Å². The van der Waals surface area contributed by atoms with Gasteiger partial charge in [0, 0.05) is 12.0 Å². The van der Waals surface area contributed by atoms with E-state index in [0.29, 0.717) is 18.1 Å². The Morgan fingerprint density at radius 1 is 1.08 bits per heavy atom. The lowest BCUT2D eigenvalue weighted by atomic mass is 10.1. The number of carbonyl (C=O) groups is 1. The highest BCUT2D eigenvalue weighted by Gasteiger charge is 2.11. The maximum atomic E-state index is 11.9. The number of rotatable bonds is 7. The Labute approximate surface area is 151 Å². The van der Waals surface area contributed by atoms with Crippen molar-refractivity contribution in [3.63, 3.8) is 0 Å². The number of aryl methyl sites for hydroxylation is 2. The van der Waals surface area contributed by atoms with Crippen molar-refractivity contribution < 1.29 is 18.8 Å². The Morgan fingerprint density at radius 3 is 2.50 bits per heavy atom. The van der Waals surface area contributed by atoms with Gasteiger partial charge in [-0.25, -0.2) is 0 Å². The summed E-state index contributed by atoms with van der Waals surface area (Å²) < 4.78 is 15.5. The molecule has 6 nitrogen and oxygen atoms in total. The number of hydrogen-bond acceptors (Lipinski definition) is 6. The van der Waals surface area contributed by atoms with Crippen LogP contribution in [0, 0.1) is 6.92 Å². The second-order valence-corrected chi connectivity index (χ2v) is 5.89. The van der Waals surface area contributed by atoms with Crippen LogP contribution >= 0.6 is 0 Å². The summed E-state index contributed by atoms with van der Waals surface area (Å²) in [5.74, 6) is 1.24. The first-order chi connectivity index (χ1) is 12.6. The minimum atomic E-state index is -0.303. The molecule has 0 unspecified atom stereocenters. The average molecular weight is 352 g/mol. The molecule has 0 aliphatic heterocycles. The van der Waals surface area contributed by atoms with Crippen molar-refractivity contribution >= 4 is 5.97 Å². The van der Waals surface area contributed by atoms with Gasteiger partial charge in [0.2, 0.25) is 5.82 Å². The first-order valence-electron chi connectivity index (χ1n) is 8.32. The number of hydrogen-bond donors (Lipinski definition) is 0. The number of benzene rings is 2. The van der Waals surface area contributed by atoms with Crippen molar-refractivity contribution in [3.8, 4) is 17.2 Å². The number of nitrogens with zero attached hydrogens (tertiary/aromatic N) is 2. The van der Waals surface area contributed by atoms with Gasteiger partial charge in [-0.3, -0.25) is 4.79 Å². The van der Waals surface area contributed by atoms with Crippen LogP contribution in [0.2, 0.25) is 0 Å². The third kappa shape index (κ3) is 4.69. The molecule has 0 bridgehead atoms. The number of esters is 1. The normalized spacial score (nSPS) is 10.5. The fourth-order valence-electron chi connectivity index (χ4n) is 2.38. The Balaban J connectivity index is 1.47. The second kappa shape index (κ2) is 8.29. The zero-order chi connectivity index (χ0) is 18.4. The van der Waals surface area contributed by atoms with Gasteiger partial charge in [0.15, 0.2) is 6.61 Å². The molecular weight excluding hydrogens is 332 g/mol. The van der Waals surface area contributed by atoms with E-state index in [4.69, 9.17) is 14.0 Å². The van der Waals surface area contributed by atoms with Crippen LogP contribution < -0.4 is 4.74 Å². The average Bonchev–Trinajstić information content (AvgIpc) is 3.14. The zero-order valence-electron chi connectivity index (χ0n) is 14.8. The summed E-state index contributed by atoms with van der Waals surface area (Å²) in [7, 11) is 1.62. The van der Waals surface area contributed by atoms with E-state index < -0.39 is 0 Å². The van der Waals surface area contributed by atoms with Gasteiger partial charge in [-0.1, -0.05) is 35.0 Å². The molecule has 3 aromatic rings. The van der Waals surface area contributed by atoms with E-state index in [-0.39, 0.29) is 19.0 Å². The van der Waals surface area contributed by atoms with Crippen molar-refractivity contribution in [2.24, 2.45) is 0 Å². The number of ether oxygens (including phenoxy) is 2. The molecule has 6 heteroatoms. The highest BCUT2D eigenvalue weighted by atomic mass is 16.5. The molecule has 0 aliphatic carbocycles. The van der Waals surface area contributed by atoms with E-state index >= 15 is 0 Å². The maximum absolute atomic E-state index is 11.9. The summed E-state index contributed by atoms with van der Waals surface area (Å²) in [5.41, 5.74) is 3.03. The van der Waals surface area contributed by atoms with Crippen molar-refractivity contribution in [2.75, 3.05) is 7.11 Å². The van der Waals surface area contributed by atoms with Crippen LogP contribution in [0.5, 0.6) is 5.75 Å². The Bertz CT molecular complexity index is 854. The maximum Gasteiger partial charge on any atom is 0.306 e. The highest BCUT2D eigenvalue weighted by molar-refractivity contribution is 5.69. The summed E-state index contributed by atoms with van der Waals surface area (Å²) in [5, 5.41) is 3.85. The Hall–Kier alpha value is -3.15. The molecule has 3 rings (SSSR count). The van der Waals surface area contributed by atoms with E-state index in [2.05, 4.69) is 10.1 Å². The standard InChI is InChI=1S/C20H20N2O4/c1-14-3-8-16(9-4-14)20-21-18(22-26-20)13-25-19(23)12-7-15-5-10-17(24-2)11-6-15/h3-6,8-11H,7,12-13H2,1-2H3. The minimum absolute atomic E-state index is 0.00317. The quantitative estimate of drug-likeness (QED) is 0.603. The van der Waals surface area contributed by atoms with E-state index in [1.807, 2.05) is 55.5 Å². The molecule has 0 spiro atoms. The molecular formula is C20H20N2O4. The van der Waals surface area contributed by atoms with E-state index in [9.17, 15) is 4.79 Å². The van der Waals surface area contributed by atoms with Gasteiger partial charge < -0.3 is 14.0 Å². The molecule has 0 amide bonds. The predicted molar refractivity (Wildman–Crippen MR) is 95.6 cm³/mol. The molecule has 134 valence electrons. The summed E-state index contributed by atoms with van der Waals surface area (Å²) in [6.07, 6.45) is 0.888. The summed E-state index contributed by atoms with van der Waals surface area (Å²) >= 11 is 0. The van der Waals surface area contributed by atoms with Gasteiger partial charge in [0.25, 0.3) is 5.89 Å². The first-order valence-corrected chi connectivity index (χ1v) is 8.32. The lowest BCUT2D eigenvalue weighted by Crippen LogP contribution is -2.06. The lowest BCUT2D eigenvalue weighted by molar-refractivity contribution is -0.145. The third-order valence-electron chi connectivity index (χ3n) is 3.91. The molecule has 0 N–H and O–H groups in total. The topological polar surface area (TPSA) is 74.5 Å². The van der Waals surface area contributed by atoms with E-state index in [1.165, 1.54) is 0 Å². The van der Waals surface area contributed by atoms with Crippen LogP contribution in [0.15, 0.2) is 53.1 Å². The van der Waals surface area contributed by atoms with Crippen molar-refractivity contribution in [1.82, 2.24) is 10.1 Å². The summed E-state index contributed by atoms with van der Waals surface area (Å²) in [4.78, 5) is 16.1. The van der Waals surface area contributed by atoms with Gasteiger partial charge in [-0.2, -0.15) is 4.98 Å². The highest BCUT2D eigenvalue weighted by Crippen LogP contribution is 2.18. The number of carbonyl (C=O) groups excluding carboxylic acids is 1. The lowest BCUT2D eigenvalue weighted by Gasteiger charge is -2.04. The molecule has 1 heterocycles. The first kappa shape index (κ1) is 17.7. The predicted octanol–water partition coefficient (Wildman–Crippen LogP) is 3.73. The number of aromatic nitrogens is 2. The molecule has 0 radical (unpaired) electrons. The van der Waals surface area contributed by atoms with Gasteiger partial charge in [0.1, 0.15) is 5.75 Å².